The van der Waals surface area contributed by atoms with E-state index in [0.29, 0.717) is 5.92 Å². The molecule has 0 spiro atoms. The van der Waals surface area contributed by atoms with Crippen molar-refractivity contribution in [3.8, 4) is 0 Å². The fourth-order valence-electron chi connectivity index (χ4n) is 1.12. The quantitative estimate of drug-likeness (QED) is 0.584. The summed E-state index contributed by atoms with van der Waals surface area (Å²) in [6.45, 7) is 12.8. The van der Waals surface area contributed by atoms with Crippen LogP contribution in [0.1, 0.15) is 50.3 Å². The summed E-state index contributed by atoms with van der Waals surface area (Å²) in [5.41, 5.74) is 4.22. The minimum atomic E-state index is 0. The van der Waals surface area contributed by atoms with Gasteiger partial charge in [-0.3, -0.25) is 0 Å². The molecule has 0 heterocycles. The molecule has 3 radical (unpaired) electrons. The Morgan fingerprint density at radius 1 is 0.929 bits per heavy atom. The van der Waals surface area contributed by atoms with Crippen LogP contribution in [0.2, 0.25) is 0 Å². The molecule has 0 aliphatic rings. The molecule has 0 saturated carbocycles. The Labute approximate surface area is 91.3 Å². The molecule has 0 unspecified atom stereocenters. The lowest BCUT2D eigenvalue weighted by atomic mass is 9.99. The molecule has 0 N–H and O–H groups in total. The van der Waals surface area contributed by atoms with E-state index in [1.165, 1.54) is 16.7 Å². The van der Waals surface area contributed by atoms with Gasteiger partial charge in [-0.25, -0.2) is 0 Å². The van der Waals surface area contributed by atoms with E-state index in [-0.39, 0.29) is 8.41 Å². The molecule has 0 aliphatic heterocycles. The number of hydrogen-bond donors (Lipinski definition) is 0. The molecule has 0 bridgehead atoms. The van der Waals surface area contributed by atoms with Crippen LogP contribution in [-0.2, 0) is 0 Å². The number of aryl methyl sites for hydroxylation is 2. The zero-order valence-electron chi connectivity index (χ0n) is 10.4. The largest absolute Gasteiger partial charge is 0.0683 e. The van der Waals surface area contributed by atoms with Gasteiger partial charge in [0.05, 0.1) is 0 Å². The number of rotatable bonds is 1. The molecule has 1 aromatic rings. The monoisotopic (exact) mass is 189 g/mol. The first-order valence-corrected chi connectivity index (χ1v) is 5.18. The van der Waals surface area contributed by atoms with Crippen LogP contribution in [0.5, 0.6) is 0 Å². The maximum atomic E-state index is 2.28. The smallest absolute Gasteiger partial charge is 0 e. The third-order valence-corrected chi connectivity index (χ3v) is 2.20. The molecule has 0 saturated heterocycles. The van der Waals surface area contributed by atoms with Gasteiger partial charge in [-0.15, -0.1) is 0 Å². The first-order chi connectivity index (χ1) is 6.11. The van der Waals surface area contributed by atoms with Gasteiger partial charge in [-0.1, -0.05) is 45.9 Å². The van der Waals surface area contributed by atoms with Crippen LogP contribution in [0.3, 0.4) is 0 Å². The zero-order valence-corrected chi connectivity index (χ0v) is 10.4. The van der Waals surface area contributed by atoms with Gasteiger partial charge >= 0.3 is 0 Å². The third-order valence-electron chi connectivity index (χ3n) is 2.20. The van der Waals surface area contributed by atoms with Crippen LogP contribution in [0.4, 0.5) is 0 Å². The molecule has 0 atom stereocenters. The van der Waals surface area contributed by atoms with E-state index in [2.05, 4.69) is 45.9 Å². The maximum Gasteiger partial charge on any atom is 0 e. The van der Waals surface area contributed by atoms with E-state index in [1.54, 1.807) is 0 Å². The summed E-state index contributed by atoms with van der Waals surface area (Å²) in [5, 5.41) is 0. The van der Waals surface area contributed by atoms with E-state index in [4.69, 9.17) is 0 Å². The van der Waals surface area contributed by atoms with Crippen molar-refractivity contribution < 1.29 is 0 Å². The Morgan fingerprint density at radius 2 is 1.43 bits per heavy atom. The summed E-state index contributed by atoms with van der Waals surface area (Å²) in [4.78, 5) is 0. The lowest BCUT2D eigenvalue weighted by Gasteiger charge is -2.07. The Bertz CT molecular complexity index is 251. The van der Waals surface area contributed by atoms with Gasteiger partial charge in [0.1, 0.15) is 0 Å². The highest BCUT2D eigenvalue weighted by atomic mass is 14.0. The molecule has 0 aliphatic carbocycles. The molecule has 0 aromatic heterocycles. The second-order valence-corrected chi connectivity index (χ2v) is 3.50. The Balaban J connectivity index is 0. The van der Waals surface area contributed by atoms with Crippen molar-refractivity contribution in [1.29, 1.82) is 0 Å². The minimum Gasteiger partial charge on any atom is -0.0683 e. The summed E-state index contributed by atoms with van der Waals surface area (Å²) < 4.78 is 0. The minimum absolute atomic E-state index is 0. The Kier molecular flexibility index (Phi) is 8.62. The zero-order chi connectivity index (χ0) is 10.4. The van der Waals surface area contributed by atoms with Gasteiger partial charge in [0.25, 0.3) is 0 Å². The van der Waals surface area contributed by atoms with E-state index in [0.717, 1.165) is 0 Å². The van der Waals surface area contributed by atoms with Gasteiger partial charge in [0.2, 0.25) is 0 Å². The highest BCUT2D eigenvalue weighted by Crippen LogP contribution is 2.17. The van der Waals surface area contributed by atoms with Crippen molar-refractivity contribution >= 4 is 8.41 Å². The predicted octanol–water partition coefficient (Wildman–Crippen LogP) is 4.07. The molecule has 77 valence electrons. The summed E-state index contributed by atoms with van der Waals surface area (Å²) in [5.74, 6) is 0.647. The second kappa shape index (κ2) is 7.67. The molecule has 14 heavy (non-hydrogen) atoms. The second-order valence-electron chi connectivity index (χ2n) is 3.50. The maximum absolute atomic E-state index is 2.28. The highest BCUT2D eigenvalue weighted by Gasteiger charge is 1.99. The van der Waals surface area contributed by atoms with E-state index >= 15 is 0 Å². The third kappa shape index (κ3) is 4.50. The highest BCUT2D eigenvalue weighted by molar-refractivity contribution is 5.75. The van der Waals surface area contributed by atoms with Crippen molar-refractivity contribution in [3.63, 3.8) is 0 Å². The average Bonchev–Trinajstić information content (AvgIpc) is 2.13. The van der Waals surface area contributed by atoms with Crippen molar-refractivity contribution in [1.82, 2.24) is 0 Å². The normalized spacial score (nSPS) is 8.79. The van der Waals surface area contributed by atoms with E-state index in [1.807, 2.05) is 13.8 Å². The van der Waals surface area contributed by atoms with Crippen LogP contribution in [-0.4, -0.2) is 8.41 Å². The fraction of sp³-hybridized carbons (Fsp3) is 0.538. The van der Waals surface area contributed by atoms with E-state index < -0.39 is 0 Å². The Morgan fingerprint density at radius 3 is 1.79 bits per heavy atom. The van der Waals surface area contributed by atoms with Crippen molar-refractivity contribution in [2.24, 2.45) is 0 Å². The Hall–Kier alpha value is -0.715. The molecule has 0 fully saturated rings. The van der Waals surface area contributed by atoms with Crippen LogP contribution in [0.15, 0.2) is 18.2 Å². The molecule has 0 nitrogen and oxygen atoms in total. The van der Waals surface area contributed by atoms with Gasteiger partial charge < -0.3 is 0 Å². The topological polar surface area (TPSA) is 0 Å². The molecule has 1 rings (SSSR count). The average molecular weight is 189 g/mol. The summed E-state index contributed by atoms with van der Waals surface area (Å²) in [6.07, 6.45) is 0. The van der Waals surface area contributed by atoms with E-state index in [9.17, 15) is 0 Å². The van der Waals surface area contributed by atoms with Crippen molar-refractivity contribution in [3.05, 3.63) is 34.9 Å². The number of hydrogen-bond acceptors (Lipinski definition) is 0. The van der Waals surface area contributed by atoms with Gasteiger partial charge in [0, 0.05) is 8.41 Å². The molecule has 1 heteroatoms. The van der Waals surface area contributed by atoms with Crippen LogP contribution < -0.4 is 0 Å². The lowest BCUT2D eigenvalue weighted by molar-refractivity contribution is 0.864. The van der Waals surface area contributed by atoms with Crippen molar-refractivity contribution in [2.45, 2.75) is 47.5 Å². The van der Waals surface area contributed by atoms with Gasteiger partial charge in [0.15, 0.2) is 0 Å². The predicted molar refractivity (Wildman–Crippen MR) is 67.1 cm³/mol. The first-order valence-electron chi connectivity index (χ1n) is 5.18. The molecular weight excluding hydrogens is 167 g/mol. The lowest BCUT2D eigenvalue weighted by Crippen LogP contribution is -1.89. The van der Waals surface area contributed by atoms with Crippen LogP contribution in [0, 0.1) is 13.8 Å². The van der Waals surface area contributed by atoms with Gasteiger partial charge in [-0.05, 0) is 36.5 Å². The molecular formula is C13H22B. The SMILES string of the molecule is CC.Cc1ccc(C(C)C)cc1C.[B]. The standard InChI is InChI=1S/C11H16.C2H6.B/c1-8(2)11-6-5-9(3)10(4)7-11;1-2;/h5-8H,1-4H3;1-2H3;. The van der Waals surface area contributed by atoms with Crippen molar-refractivity contribution in [2.75, 3.05) is 0 Å². The first kappa shape index (κ1) is 15.7. The fourth-order valence-corrected chi connectivity index (χ4v) is 1.12. The summed E-state index contributed by atoms with van der Waals surface area (Å²) >= 11 is 0. The summed E-state index contributed by atoms with van der Waals surface area (Å²) in [7, 11) is 0. The molecule has 1 aromatic carbocycles. The van der Waals surface area contributed by atoms with Gasteiger partial charge in [-0.2, -0.15) is 0 Å². The van der Waals surface area contributed by atoms with Crippen LogP contribution in [0.25, 0.3) is 0 Å². The molecule has 0 amide bonds. The summed E-state index contributed by atoms with van der Waals surface area (Å²) in [6, 6.07) is 6.69. The van der Waals surface area contributed by atoms with Crippen LogP contribution >= 0.6 is 0 Å². The number of benzene rings is 1.